The normalized spacial score (nSPS) is 27.3. The van der Waals surface area contributed by atoms with Crippen LogP contribution >= 0.6 is 11.6 Å². The molecule has 3 rings (SSSR count). The summed E-state index contributed by atoms with van der Waals surface area (Å²) in [5, 5.41) is 0. The average Bonchev–Trinajstić information content (AvgIpc) is 2.96. The molecule has 0 aliphatic carbocycles. The van der Waals surface area contributed by atoms with Crippen LogP contribution in [0.5, 0.6) is 11.5 Å². The highest BCUT2D eigenvalue weighted by Crippen LogP contribution is 2.36. The maximum absolute atomic E-state index is 5.70. The minimum atomic E-state index is -0.349. The summed E-state index contributed by atoms with van der Waals surface area (Å²) in [6, 6.07) is 5.65. The van der Waals surface area contributed by atoms with Gasteiger partial charge in [0.15, 0.2) is 17.8 Å². The van der Waals surface area contributed by atoms with Crippen molar-refractivity contribution in [1.29, 1.82) is 0 Å². The van der Waals surface area contributed by atoms with Crippen molar-refractivity contribution in [2.45, 2.75) is 12.4 Å². The molecule has 0 bridgehead atoms. The number of rotatable bonds is 2. The van der Waals surface area contributed by atoms with Crippen LogP contribution < -0.4 is 9.47 Å². The molecule has 2 aliphatic rings. The van der Waals surface area contributed by atoms with Gasteiger partial charge in [-0.15, -0.1) is 11.6 Å². The highest BCUT2D eigenvalue weighted by Gasteiger charge is 2.28. The monoisotopic (exact) mass is 242 g/mol. The van der Waals surface area contributed by atoms with Crippen LogP contribution in [0.15, 0.2) is 18.2 Å². The second kappa shape index (κ2) is 4.13. The number of ether oxygens (including phenoxy) is 4. The lowest BCUT2D eigenvalue weighted by Crippen LogP contribution is -2.10. The van der Waals surface area contributed by atoms with Crippen LogP contribution in [0.1, 0.15) is 11.9 Å². The van der Waals surface area contributed by atoms with Gasteiger partial charge in [0.1, 0.15) is 0 Å². The quantitative estimate of drug-likeness (QED) is 0.744. The van der Waals surface area contributed by atoms with E-state index in [0.717, 1.165) is 17.1 Å². The standard InChI is InChI=1S/C11H11ClO4/c12-4-8-5-13-11(16-8)7-1-2-9-10(3-7)15-6-14-9/h1-3,8,11H,4-6H2/t8-,11-/m1/s1. The first-order chi connectivity index (χ1) is 7.86. The van der Waals surface area contributed by atoms with Gasteiger partial charge in [-0.1, -0.05) is 0 Å². The summed E-state index contributed by atoms with van der Waals surface area (Å²) in [4.78, 5) is 0. The molecule has 0 amide bonds. The largest absolute Gasteiger partial charge is 0.454 e. The third kappa shape index (κ3) is 1.73. The van der Waals surface area contributed by atoms with E-state index in [-0.39, 0.29) is 19.2 Å². The van der Waals surface area contributed by atoms with E-state index < -0.39 is 0 Å². The molecule has 1 aromatic rings. The summed E-state index contributed by atoms with van der Waals surface area (Å²) in [6.07, 6.45) is -0.379. The number of benzene rings is 1. The smallest absolute Gasteiger partial charge is 0.231 e. The lowest BCUT2D eigenvalue weighted by atomic mass is 10.2. The van der Waals surface area contributed by atoms with Gasteiger partial charge in [0.2, 0.25) is 6.79 Å². The van der Waals surface area contributed by atoms with E-state index >= 15 is 0 Å². The Morgan fingerprint density at radius 2 is 2.12 bits per heavy atom. The lowest BCUT2D eigenvalue weighted by Gasteiger charge is -2.10. The van der Waals surface area contributed by atoms with E-state index in [1.165, 1.54) is 0 Å². The van der Waals surface area contributed by atoms with Gasteiger partial charge in [-0.25, -0.2) is 0 Å². The lowest BCUT2D eigenvalue weighted by molar-refractivity contribution is -0.0567. The fourth-order valence-electron chi connectivity index (χ4n) is 1.76. The van der Waals surface area contributed by atoms with Gasteiger partial charge >= 0.3 is 0 Å². The molecule has 0 spiro atoms. The first-order valence-electron chi connectivity index (χ1n) is 5.09. The second-order valence-electron chi connectivity index (χ2n) is 3.69. The molecule has 2 aliphatic heterocycles. The molecule has 0 radical (unpaired) electrons. The van der Waals surface area contributed by atoms with Crippen molar-refractivity contribution >= 4 is 11.6 Å². The first kappa shape index (κ1) is 10.2. The molecule has 1 aromatic carbocycles. The number of hydrogen-bond donors (Lipinski definition) is 0. The Labute approximate surface area is 98.0 Å². The van der Waals surface area contributed by atoms with Crippen molar-refractivity contribution in [3.05, 3.63) is 23.8 Å². The molecule has 1 fully saturated rings. The fraction of sp³-hybridized carbons (Fsp3) is 0.455. The van der Waals surface area contributed by atoms with E-state index in [1.54, 1.807) is 0 Å². The molecule has 4 nitrogen and oxygen atoms in total. The van der Waals surface area contributed by atoms with E-state index in [1.807, 2.05) is 18.2 Å². The van der Waals surface area contributed by atoms with Crippen molar-refractivity contribution in [2.75, 3.05) is 19.3 Å². The summed E-state index contributed by atoms with van der Waals surface area (Å²) >= 11 is 5.70. The van der Waals surface area contributed by atoms with E-state index in [0.29, 0.717) is 12.5 Å². The second-order valence-corrected chi connectivity index (χ2v) is 4.00. The topological polar surface area (TPSA) is 36.9 Å². The van der Waals surface area contributed by atoms with Gasteiger partial charge in [-0.2, -0.15) is 0 Å². The van der Waals surface area contributed by atoms with E-state index in [2.05, 4.69) is 0 Å². The average molecular weight is 243 g/mol. The van der Waals surface area contributed by atoms with Crippen molar-refractivity contribution in [2.24, 2.45) is 0 Å². The Hall–Kier alpha value is -0.970. The molecule has 2 heterocycles. The van der Waals surface area contributed by atoms with Gasteiger partial charge in [-0.05, 0) is 18.2 Å². The molecule has 0 N–H and O–H groups in total. The number of hydrogen-bond acceptors (Lipinski definition) is 4. The van der Waals surface area contributed by atoms with Crippen LogP contribution in [0.25, 0.3) is 0 Å². The van der Waals surface area contributed by atoms with Crippen molar-refractivity contribution in [1.82, 2.24) is 0 Å². The van der Waals surface area contributed by atoms with Crippen LogP contribution in [0.4, 0.5) is 0 Å². The number of fused-ring (bicyclic) bond motifs is 1. The van der Waals surface area contributed by atoms with Gasteiger partial charge in [0, 0.05) is 5.56 Å². The Morgan fingerprint density at radius 1 is 1.25 bits per heavy atom. The third-order valence-electron chi connectivity index (χ3n) is 2.59. The predicted molar refractivity (Wildman–Crippen MR) is 56.9 cm³/mol. The third-order valence-corrected chi connectivity index (χ3v) is 2.93. The van der Waals surface area contributed by atoms with E-state index in [9.17, 15) is 0 Å². The molecule has 16 heavy (non-hydrogen) atoms. The molecule has 2 atom stereocenters. The summed E-state index contributed by atoms with van der Waals surface area (Å²) in [5.74, 6) is 1.94. The minimum absolute atomic E-state index is 0.0305. The van der Waals surface area contributed by atoms with Crippen LogP contribution in [0, 0.1) is 0 Å². The highest BCUT2D eigenvalue weighted by atomic mass is 35.5. The van der Waals surface area contributed by atoms with Gasteiger partial charge in [0.25, 0.3) is 0 Å². The van der Waals surface area contributed by atoms with Crippen LogP contribution in [0.3, 0.4) is 0 Å². The molecule has 1 saturated heterocycles. The summed E-state index contributed by atoms with van der Waals surface area (Å²) < 4.78 is 21.6. The Morgan fingerprint density at radius 3 is 2.94 bits per heavy atom. The maximum atomic E-state index is 5.70. The van der Waals surface area contributed by atoms with Gasteiger partial charge < -0.3 is 18.9 Å². The molecular formula is C11H11ClO4. The SMILES string of the molecule is ClC[C@@H]1CO[C@@H](c2ccc3c(c2)OCO3)O1. The first-order valence-corrected chi connectivity index (χ1v) is 5.63. The highest BCUT2D eigenvalue weighted by molar-refractivity contribution is 6.18. The van der Waals surface area contributed by atoms with Gasteiger partial charge in [-0.3, -0.25) is 0 Å². The maximum Gasteiger partial charge on any atom is 0.231 e. The van der Waals surface area contributed by atoms with Crippen molar-refractivity contribution in [3.63, 3.8) is 0 Å². The van der Waals surface area contributed by atoms with Crippen molar-refractivity contribution in [3.8, 4) is 11.5 Å². The molecule has 0 saturated carbocycles. The number of halogens is 1. The Balaban J connectivity index is 1.80. The molecule has 5 heteroatoms. The molecular weight excluding hydrogens is 232 g/mol. The Bertz CT molecular complexity index is 396. The molecule has 0 unspecified atom stereocenters. The zero-order valence-electron chi connectivity index (χ0n) is 8.52. The summed E-state index contributed by atoms with van der Waals surface area (Å²) in [6.45, 7) is 0.804. The van der Waals surface area contributed by atoms with E-state index in [4.69, 9.17) is 30.5 Å². The van der Waals surface area contributed by atoms with Crippen LogP contribution in [0.2, 0.25) is 0 Å². The summed E-state index contributed by atoms with van der Waals surface area (Å²) in [5.41, 5.74) is 0.928. The van der Waals surface area contributed by atoms with Crippen molar-refractivity contribution < 1.29 is 18.9 Å². The minimum Gasteiger partial charge on any atom is -0.454 e. The number of alkyl halides is 1. The molecule has 0 aromatic heterocycles. The zero-order chi connectivity index (χ0) is 11.0. The van der Waals surface area contributed by atoms with Crippen LogP contribution in [-0.4, -0.2) is 25.4 Å². The Kier molecular flexibility index (Phi) is 2.63. The predicted octanol–water partition coefficient (Wildman–Crippen LogP) is 2.07. The van der Waals surface area contributed by atoms with Gasteiger partial charge in [0.05, 0.1) is 18.6 Å². The zero-order valence-corrected chi connectivity index (χ0v) is 9.27. The molecule has 86 valence electrons. The van der Waals surface area contributed by atoms with Crippen LogP contribution in [-0.2, 0) is 9.47 Å². The fourth-order valence-corrected chi connectivity index (χ4v) is 1.93. The summed E-state index contributed by atoms with van der Waals surface area (Å²) in [7, 11) is 0.